The number of nitrogens with zero attached hydrogens (tertiary/aromatic N) is 4. The lowest BCUT2D eigenvalue weighted by Crippen LogP contribution is -2.50. The molecular weight excluding hydrogens is 236 g/mol. The molecule has 4 nitrogen and oxygen atoms in total. The summed E-state index contributed by atoms with van der Waals surface area (Å²) in [5, 5.41) is 9.22. The zero-order chi connectivity index (χ0) is 13.7. The number of hydrogen-bond donors (Lipinski definition) is 0. The lowest BCUT2D eigenvalue weighted by Gasteiger charge is -2.38. The van der Waals surface area contributed by atoms with E-state index in [1.807, 2.05) is 13.1 Å². The van der Waals surface area contributed by atoms with Gasteiger partial charge in [-0.15, -0.1) is 0 Å². The third-order valence-electron chi connectivity index (χ3n) is 3.71. The monoisotopic (exact) mass is 258 g/mol. The molecule has 0 saturated carbocycles. The number of nitriles is 1. The molecule has 1 fully saturated rings. The molecule has 0 amide bonds. The van der Waals surface area contributed by atoms with Crippen LogP contribution in [0.25, 0.3) is 0 Å². The molecule has 102 valence electrons. The van der Waals surface area contributed by atoms with Gasteiger partial charge in [-0.1, -0.05) is 13.3 Å². The van der Waals surface area contributed by atoms with Crippen molar-refractivity contribution in [1.29, 1.82) is 5.26 Å². The second-order valence-electron chi connectivity index (χ2n) is 5.11. The van der Waals surface area contributed by atoms with Crippen molar-refractivity contribution in [3.05, 3.63) is 24.0 Å². The molecule has 19 heavy (non-hydrogen) atoms. The molecule has 1 aromatic heterocycles. The van der Waals surface area contributed by atoms with Gasteiger partial charge in [0.2, 0.25) is 0 Å². The summed E-state index contributed by atoms with van der Waals surface area (Å²) >= 11 is 0. The quantitative estimate of drug-likeness (QED) is 0.830. The van der Waals surface area contributed by atoms with E-state index in [9.17, 15) is 5.26 Å². The van der Waals surface area contributed by atoms with Crippen molar-refractivity contribution in [2.75, 3.05) is 31.1 Å². The van der Waals surface area contributed by atoms with Crippen molar-refractivity contribution in [3.8, 4) is 6.07 Å². The van der Waals surface area contributed by atoms with Crippen LogP contribution in [-0.4, -0.2) is 42.1 Å². The Morgan fingerprint density at radius 2 is 2.11 bits per heavy atom. The van der Waals surface area contributed by atoms with Gasteiger partial charge in [-0.2, -0.15) is 5.26 Å². The smallest absolute Gasteiger partial charge is 0.0979 e. The first-order valence-corrected chi connectivity index (χ1v) is 7.06. The van der Waals surface area contributed by atoms with Crippen molar-refractivity contribution < 1.29 is 0 Å². The summed E-state index contributed by atoms with van der Waals surface area (Å²) in [7, 11) is 0. The average molecular weight is 258 g/mol. The van der Waals surface area contributed by atoms with E-state index in [1.54, 1.807) is 0 Å². The molecule has 0 aliphatic carbocycles. The second-order valence-corrected chi connectivity index (χ2v) is 5.11. The molecule has 0 N–H and O–H groups in total. The maximum absolute atomic E-state index is 9.22. The van der Waals surface area contributed by atoms with Gasteiger partial charge in [0.15, 0.2) is 0 Å². The number of pyridine rings is 1. The summed E-state index contributed by atoms with van der Waals surface area (Å²) in [6, 6.07) is 6.72. The minimum absolute atomic E-state index is 0.0892. The van der Waals surface area contributed by atoms with Gasteiger partial charge in [0.25, 0.3) is 0 Å². The van der Waals surface area contributed by atoms with Crippen LogP contribution in [0.1, 0.15) is 25.5 Å². The van der Waals surface area contributed by atoms with Crippen LogP contribution in [0.5, 0.6) is 0 Å². The third kappa shape index (κ3) is 3.45. The Kier molecular flexibility index (Phi) is 4.75. The molecule has 1 aromatic rings. The maximum Gasteiger partial charge on any atom is 0.0979 e. The van der Waals surface area contributed by atoms with Crippen molar-refractivity contribution >= 4 is 5.69 Å². The number of piperazine rings is 1. The van der Waals surface area contributed by atoms with E-state index in [2.05, 4.69) is 39.9 Å². The van der Waals surface area contributed by atoms with Gasteiger partial charge < -0.3 is 4.90 Å². The zero-order valence-corrected chi connectivity index (χ0v) is 11.8. The van der Waals surface area contributed by atoms with Crippen LogP contribution in [-0.2, 0) is 0 Å². The number of hydrogen-bond acceptors (Lipinski definition) is 4. The molecule has 1 aliphatic rings. The van der Waals surface area contributed by atoms with Crippen molar-refractivity contribution in [1.82, 2.24) is 9.88 Å². The SMILES string of the molecule is CCCC(C#N)N1CCN(c2ccnc(C)c2)CC1. The van der Waals surface area contributed by atoms with E-state index in [-0.39, 0.29) is 6.04 Å². The van der Waals surface area contributed by atoms with E-state index in [0.29, 0.717) is 0 Å². The van der Waals surface area contributed by atoms with E-state index >= 15 is 0 Å². The van der Waals surface area contributed by atoms with Gasteiger partial charge in [-0.05, 0) is 25.5 Å². The van der Waals surface area contributed by atoms with Gasteiger partial charge in [-0.25, -0.2) is 0 Å². The fourth-order valence-corrected chi connectivity index (χ4v) is 2.62. The number of aromatic nitrogens is 1. The molecule has 0 spiro atoms. The van der Waals surface area contributed by atoms with Gasteiger partial charge in [0, 0.05) is 43.8 Å². The highest BCUT2D eigenvalue weighted by Gasteiger charge is 2.23. The Labute approximate surface area is 115 Å². The van der Waals surface area contributed by atoms with Gasteiger partial charge >= 0.3 is 0 Å². The molecule has 1 saturated heterocycles. The summed E-state index contributed by atoms with van der Waals surface area (Å²) in [5.74, 6) is 0. The van der Waals surface area contributed by atoms with Crippen molar-refractivity contribution in [3.63, 3.8) is 0 Å². The fourth-order valence-electron chi connectivity index (χ4n) is 2.62. The summed E-state index contributed by atoms with van der Waals surface area (Å²) < 4.78 is 0. The van der Waals surface area contributed by atoms with E-state index in [4.69, 9.17) is 0 Å². The fraction of sp³-hybridized carbons (Fsp3) is 0.600. The van der Waals surface area contributed by atoms with Crippen LogP contribution in [0, 0.1) is 18.3 Å². The Bertz CT molecular complexity index is 444. The molecule has 4 heteroatoms. The highest BCUT2D eigenvalue weighted by molar-refractivity contribution is 5.46. The minimum atomic E-state index is 0.0892. The number of anilines is 1. The Morgan fingerprint density at radius 3 is 2.68 bits per heavy atom. The summed E-state index contributed by atoms with van der Waals surface area (Å²) in [4.78, 5) is 8.93. The zero-order valence-electron chi connectivity index (χ0n) is 11.8. The molecule has 1 atom stereocenters. The lowest BCUT2D eigenvalue weighted by molar-refractivity contribution is 0.211. The standard InChI is InChI=1S/C15H22N4/c1-3-4-15(12-16)19-9-7-18(8-10-19)14-5-6-17-13(2)11-14/h5-6,11,15H,3-4,7-10H2,1-2H3. The van der Waals surface area contributed by atoms with Crippen LogP contribution in [0.3, 0.4) is 0 Å². The first kappa shape index (κ1) is 13.8. The van der Waals surface area contributed by atoms with Crippen LogP contribution in [0.4, 0.5) is 5.69 Å². The van der Waals surface area contributed by atoms with Gasteiger partial charge in [0.05, 0.1) is 12.1 Å². The second kappa shape index (κ2) is 6.53. The molecule has 0 radical (unpaired) electrons. The van der Waals surface area contributed by atoms with E-state index < -0.39 is 0 Å². The Hall–Kier alpha value is -1.60. The van der Waals surface area contributed by atoms with Crippen LogP contribution >= 0.6 is 0 Å². The topological polar surface area (TPSA) is 43.2 Å². The Balaban J connectivity index is 1.94. The van der Waals surface area contributed by atoms with E-state index in [1.165, 1.54) is 5.69 Å². The first-order valence-electron chi connectivity index (χ1n) is 7.06. The van der Waals surface area contributed by atoms with Crippen LogP contribution in [0.2, 0.25) is 0 Å². The molecular formula is C15H22N4. The highest BCUT2D eigenvalue weighted by atomic mass is 15.3. The van der Waals surface area contributed by atoms with Crippen molar-refractivity contribution in [2.45, 2.75) is 32.7 Å². The Morgan fingerprint density at radius 1 is 1.37 bits per heavy atom. The predicted octanol–water partition coefficient (Wildman–Crippen LogP) is 2.20. The third-order valence-corrected chi connectivity index (χ3v) is 3.71. The van der Waals surface area contributed by atoms with Crippen LogP contribution in [0.15, 0.2) is 18.3 Å². The average Bonchev–Trinajstić information content (AvgIpc) is 2.45. The molecule has 1 unspecified atom stereocenters. The largest absolute Gasteiger partial charge is 0.369 e. The maximum atomic E-state index is 9.22. The van der Waals surface area contributed by atoms with Gasteiger partial charge in [0.1, 0.15) is 0 Å². The molecule has 0 aromatic carbocycles. The summed E-state index contributed by atoms with van der Waals surface area (Å²) in [6.45, 7) is 8.09. The predicted molar refractivity (Wildman–Crippen MR) is 77.1 cm³/mol. The highest BCUT2D eigenvalue weighted by Crippen LogP contribution is 2.18. The van der Waals surface area contributed by atoms with Crippen LogP contribution < -0.4 is 4.90 Å². The minimum Gasteiger partial charge on any atom is -0.369 e. The normalized spacial score (nSPS) is 18.1. The number of aryl methyl sites for hydroxylation is 1. The molecule has 2 heterocycles. The molecule has 0 bridgehead atoms. The molecule has 1 aliphatic heterocycles. The number of rotatable bonds is 4. The summed E-state index contributed by atoms with van der Waals surface area (Å²) in [6.07, 6.45) is 3.92. The van der Waals surface area contributed by atoms with Crippen molar-refractivity contribution in [2.24, 2.45) is 0 Å². The first-order chi connectivity index (χ1) is 9.24. The van der Waals surface area contributed by atoms with E-state index in [0.717, 1.165) is 44.7 Å². The molecule has 2 rings (SSSR count). The summed E-state index contributed by atoms with van der Waals surface area (Å²) in [5.41, 5.74) is 2.30. The van der Waals surface area contributed by atoms with Gasteiger partial charge in [-0.3, -0.25) is 9.88 Å². The lowest BCUT2D eigenvalue weighted by atomic mass is 10.1.